The zero-order valence-corrected chi connectivity index (χ0v) is 22.0. The lowest BCUT2D eigenvalue weighted by Crippen LogP contribution is -2.44. The molecule has 0 spiro atoms. The lowest BCUT2D eigenvalue weighted by atomic mass is 10.0. The summed E-state index contributed by atoms with van der Waals surface area (Å²) in [7, 11) is 3.09. The second-order valence-corrected chi connectivity index (χ2v) is 9.56. The summed E-state index contributed by atoms with van der Waals surface area (Å²) in [5.74, 6) is 1.62. The van der Waals surface area contributed by atoms with Gasteiger partial charge in [-0.1, -0.05) is 36.4 Å². The summed E-state index contributed by atoms with van der Waals surface area (Å²) in [6, 6.07) is 20.2. The highest BCUT2D eigenvalue weighted by Crippen LogP contribution is 2.29. The minimum absolute atomic E-state index is 0.0657. The minimum atomic E-state index is -0.392. The van der Waals surface area contributed by atoms with Gasteiger partial charge in [-0.25, -0.2) is 4.79 Å². The molecule has 1 fully saturated rings. The molecule has 4 aromatic rings. The summed E-state index contributed by atoms with van der Waals surface area (Å²) in [6.45, 7) is 1.52. The standard InChI is InChI=1S/C30H31N3O6/c1-37-27-11-8-22(16-28(27)38-2)18-32-29(35)25-17-24(39-19-21-6-4-3-5-7-21)9-10-26(25)33(30(32)36)23-12-14-31(20-34)15-13-23/h3-11,16-17,20,23H,12-15,18-19H2,1-2H3. The number of methoxy groups -OCH3 is 2. The van der Waals surface area contributed by atoms with Crippen molar-refractivity contribution in [2.24, 2.45) is 0 Å². The maximum atomic E-state index is 13.9. The quantitative estimate of drug-likeness (QED) is 0.308. The topological polar surface area (TPSA) is 92.0 Å². The molecular formula is C30H31N3O6. The summed E-state index contributed by atoms with van der Waals surface area (Å²) >= 11 is 0. The fourth-order valence-electron chi connectivity index (χ4n) is 5.10. The van der Waals surface area contributed by atoms with Crippen LogP contribution in [0.15, 0.2) is 76.3 Å². The van der Waals surface area contributed by atoms with Crippen LogP contribution in [-0.4, -0.2) is 47.8 Å². The van der Waals surface area contributed by atoms with Crippen LogP contribution in [0.5, 0.6) is 17.2 Å². The predicted molar refractivity (Wildman–Crippen MR) is 148 cm³/mol. The van der Waals surface area contributed by atoms with Crippen molar-refractivity contribution in [1.82, 2.24) is 14.0 Å². The van der Waals surface area contributed by atoms with Crippen molar-refractivity contribution in [3.63, 3.8) is 0 Å². The maximum Gasteiger partial charge on any atom is 0.332 e. The Balaban J connectivity index is 1.59. The molecule has 0 unspecified atom stereocenters. The molecule has 5 rings (SSSR count). The average Bonchev–Trinajstić information content (AvgIpc) is 2.99. The molecular weight excluding hydrogens is 498 g/mol. The molecule has 0 atom stereocenters. The Morgan fingerprint density at radius 2 is 1.62 bits per heavy atom. The van der Waals surface area contributed by atoms with Crippen molar-refractivity contribution < 1.29 is 19.0 Å². The summed E-state index contributed by atoms with van der Waals surface area (Å²) in [4.78, 5) is 40.6. The van der Waals surface area contributed by atoms with Crippen molar-refractivity contribution in [1.29, 1.82) is 0 Å². The van der Waals surface area contributed by atoms with Gasteiger partial charge in [-0.2, -0.15) is 0 Å². The van der Waals surface area contributed by atoms with Crippen molar-refractivity contribution in [3.8, 4) is 17.2 Å². The van der Waals surface area contributed by atoms with Gasteiger partial charge in [0.1, 0.15) is 12.4 Å². The predicted octanol–water partition coefficient (Wildman–Crippen LogP) is 3.60. The van der Waals surface area contributed by atoms with Gasteiger partial charge in [0.05, 0.1) is 31.7 Å². The van der Waals surface area contributed by atoms with E-state index in [4.69, 9.17) is 14.2 Å². The Kier molecular flexibility index (Phi) is 7.67. The number of rotatable bonds is 9. The number of piperidine rings is 1. The van der Waals surface area contributed by atoms with Crippen LogP contribution in [0.2, 0.25) is 0 Å². The third-order valence-corrected chi connectivity index (χ3v) is 7.19. The SMILES string of the molecule is COc1ccc(Cn2c(=O)c3cc(OCc4ccccc4)ccc3n(C3CCN(C=O)CC3)c2=O)cc1OC. The third kappa shape index (κ3) is 5.38. The molecule has 202 valence electrons. The number of fused-ring (bicyclic) bond motifs is 1. The smallest absolute Gasteiger partial charge is 0.332 e. The van der Waals surface area contributed by atoms with Crippen LogP contribution >= 0.6 is 0 Å². The number of amides is 1. The number of carbonyl (C=O) groups is 1. The third-order valence-electron chi connectivity index (χ3n) is 7.19. The number of carbonyl (C=O) groups excluding carboxylic acids is 1. The Morgan fingerprint density at radius 3 is 2.31 bits per heavy atom. The fourth-order valence-corrected chi connectivity index (χ4v) is 5.10. The van der Waals surface area contributed by atoms with Gasteiger partial charge >= 0.3 is 5.69 Å². The van der Waals surface area contributed by atoms with E-state index in [9.17, 15) is 14.4 Å². The van der Waals surface area contributed by atoms with E-state index in [1.807, 2.05) is 36.4 Å². The van der Waals surface area contributed by atoms with Crippen LogP contribution in [0.1, 0.15) is 30.0 Å². The zero-order valence-electron chi connectivity index (χ0n) is 22.0. The molecule has 1 aromatic heterocycles. The maximum absolute atomic E-state index is 13.9. The molecule has 0 bridgehead atoms. The van der Waals surface area contributed by atoms with E-state index in [1.165, 1.54) is 4.57 Å². The summed E-state index contributed by atoms with van der Waals surface area (Å²) in [5.41, 5.74) is 1.52. The molecule has 9 nitrogen and oxygen atoms in total. The Labute approximate surface area is 225 Å². The first-order chi connectivity index (χ1) is 19.0. The van der Waals surface area contributed by atoms with Crippen molar-refractivity contribution in [2.45, 2.75) is 32.0 Å². The minimum Gasteiger partial charge on any atom is -0.493 e. The van der Waals surface area contributed by atoms with Gasteiger partial charge in [-0.15, -0.1) is 0 Å². The highest BCUT2D eigenvalue weighted by Gasteiger charge is 2.25. The van der Waals surface area contributed by atoms with E-state index in [2.05, 4.69) is 0 Å². The normalized spacial score (nSPS) is 13.8. The van der Waals surface area contributed by atoms with Gasteiger partial charge in [0.25, 0.3) is 5.56 Å². The van der Waals surface area contributed by atoms with Gasteiger partial charge in [-0.05, 0) is 54.3 Å². The lowest BCUT2D eigenvalue weighted by molar-refractivity contribution is -0.119. The van der Waals surface area contributed by atoms with Crippen molar-refractivity contribution >= 4 is 17.3 Å². The highest BCUT2D eigenvalue weighted by molar-refractivity contribution is 5.80. The lowest BCUT2D eigenvalue weighted by Gasteiger charge is -2.31. The number of hydrogen-bond donors (Lipinski definition) is 0. The Bertz CT molecular complexity index is 1590. The Morgan fingerprint density at radius 1 is 0.872 bits per heavy atom. The van der Waals surface area contributed by atoms with Gasteiger partial charge in [-0.3, -0.25) is 18.7 Å². The van der Waals surface area contributed by atoms with E-state index in [-0.39, 0.29) is 18.3 Å². The number of likely N-dealkylation sites (tertiary alicyclic amines) is 1. The first kappa shape index (κ1) is 26.1. The monoisotopic (exact) mass is 529 g/mol. The largest absolute Gasteiger partial charge is 0.493 e. The van der Waals surface area contributed by atoms with E-state index in [0.29, 0.717) is 60.7 Å². The molecule has 0 aliphatic carbocycles. The molecule has 0 N–H and O–H groups in total. The fraction of sp³-hybridized carbons (Fsp3) is 0.300. The molecule has 9 heteroatoms. The van der Waals surface area contributed by atoms with Crippen LogP contribution in [-0.2, 0) is 17.9 Å². The van der Waals surface area contributed by atoms with Crippen LogP contribution in [0.4, 0.5) is 0 Å². The Hall–Kier alpha value is -4.53. The number of hydrogen-bond acceptors (Lipinski definition) is 6. The molecule has 1 aliphatic heterocycles. The molecule has 2 heterocycles. The van der Waals surface area contributed by atoms with Crippen molar-refractivity contribution in [3.05, 3.63) is 98.7 Å². The van der Waals surface area contributed by atoms with Gasteiger partial charge < -0.3 is 19.1 Å². The second kappa shape index (κ2) is 11.5. The number of ether oxygens (including phenoxy) is 3. The van der Waals surface area contributed by atoms with Gasteiger partial charge in [0, 0.05) is 19.1 Å². The van der Waals surface area contributed by atoms with Crippen LogP contribution in [0, 0.1) is 0 Å². The molecule has 0 radical (unpaired) electrons. The van der Waals surface area contributed by atoms with E-state index in [1.54, 1.807) is 54.0 Å². The van der Waals surface area contributed by atoms with E-state index < -0.39 is 5.56 Å². The zero-order chi connectivity index (χ0) is 27.4. The first-order valence-corrected chi connectivity index (χ1v) is 12.9. The molecule has 1 saturated heterocycles. The highest BCUT2D eigenvalue weighted by atomic mass is 16.5. The van der Waals surface area contributed by atoms with E-state index >= 15 is 0 Å². The van der Waals surface area contributed by atoms with Crippen LogP contribution in [0.3, 0.4) is 0 Å². The van der Waals surface area contributed by atoms with Crippen molar-refractivity contribution in [2.75, 3.05) is 27.3 Å². The second-order valence-electron chi connectivity index (χ2n) is 9.56. The number of nitrogens with zero attached hydrogens (tertiary/aromatic N) is 3. The van der Waals surface area contributed by atoms with Crippen LogP contribution < -0.4 is 25.5 Å². The molecule has 3 aromatic carbocycles. The average molecular weight is 530 g/mol. The van der Waals surface area contributed by atoms with Gasteiger partial charge in [0.2, 0.25) is 6.41 Å². The van der Waals surface area contributed by atoms with Crippen LogP contribution in [0.25, 0.3) is 10.9 Å². The summed E-state index contributed by atoms with van der Waals surface area (Å²) in [6.07, 6.45) is 2.08. The summed E-state index contributed by atoms with van der Waals surface area (Å²) in [5, 5.41) is 0.401. The molecule has 1 aliphatic rings. The number of aromatic nitrogens is 2. The molecule has 39 heavy (non-hydrogen) atoms. The first-order valence-electron chi connectivity index (χ1n) is 12.9. The molecule has 1 amide bonds. The van der Waals surface area contributed by atoms with E-state index in [0.717, 1.165) is 17.5 Å². The number of benzene rings is 3. The van der Waals surface area contributed by atoms with Gasteiger partial charge in [0.15, 0.2) is 11.5 Å². The summed E-state index contributed by atoms with van der Waals surface area (Å²) < 4.78 is 19.7. The molecule has 0 saturated carbocycles.